The predicted molar refractivity (Wildman–Crippen MR) is 82.0 cm³/mol. The Balaban J connectivity index is 1.87. The Morgan fingerprint density at radius 1 is 1.24 bits per heavy atom. The SMILES string of the molecule is CC1CCCNC1c1nc(C(C)(C)c2ccccc2)no1. The van der Waals surface area contributed by atoms with Gasteiger partial charge in [0.2, 0.25) is 5.89 Å². The van der Waals surface area contributed by atoms with Crippen molar-refractivity contribution in [3.05, 3.63) is 47.6 Å². The fourth-order valence-corrected chi connectivity index (χ4v) is 2.98. The molecule has 4 nitrogen and oxygen atoms in total. The number of nitrogens with zero attached hydrogens (tertiary/aromatic N) is 2. The third-order valence-corrected chi connectivity index (χ3v) is 4.53. The molecule has 1 fully saturated rings. The lowest BCUT2D eigenvalue weighted by molar-refractivity contribution is 0.238. The molecule has 1 aliphatic heterocycles. The minimum atomic E-state index is -0.249. The number of rotatable bonds is 3. The molecule has 1 aromatic carbocycles. The van der Waals surface area contributed by atoms with Crippen molar-refractivity contribution in [2.24, 2.45) is 5.92 Å². The minimum absolute atomic E-state index is 0.187. The Bertz CT molecular complexity index is 591. The molecule has 3 rings (SSSR count). The van der Waals surface area contributed by atoms with Gasteiger partial charge in [-0.3, -0.25) is 0 Å². The largest absolute Gasteiger partial charge is 0.338 e. The molecular formula is C17H23N3O. The zero-order chi connectivity index (χ0) is 14.9. The van der Waals surface area contributed by atoms with Gasteiger partial charge in [-0.15, -0.1) is 0 Å². The lowest BCUT2D eigenvalue weighted by Gasteiger charge is -2.27. The average molecular weight is 285 g/mol. The highest BCUT2D eigenvalue weighted by Gasteiger charge is 2.32. The van der Waals surface area contributed by atoms with E-state index < -0.39 is 0 Å². The van der Waals surface area contributed by atoms with E-state index in [1.165, 1.54) is 18.4 Å². The van der Waals surface area contributed by atoms with E-state index in [1.807, 2.05) is 18.2 Å². The summed E-state index contributed by atoms with van der Waals surface area (Å²) in [5.41, 5.74) is 0.947. The molecule has 4 heteroatoms. The number of aromatic nitrogens is 2. The van der Waals surface area contributed by atoms with Crippen LogP contribution in [0.4, 0.5) is 0 Å². The summed E-state index contributed by atoms with van der Waals surface area (Å²) in [7, 11) is 0. The minimum Gasteiger partial charge on any atom is -0.338 e. The second-order valence-electron chi connectivity index (χ2n) is 6.50. The van der Waals surface area contributed by atoms with Crippen LogP contribution in [0.15, 0.2) is 34.9 Å². The summed E-state index contributed by atoms with van der Waals surface area (Å²) >= 11 is 0. The fourth-order valence-electron chi connectivity index (χ4n) is 2.98. The number of benzene rings is 1. The van der Waals surface area contributed by atoms with E-state index in [9.17, 15) is 0 Å². The fraction of sp³-hybridized carbons (Fsp3) is 0.529. The van der Waals surface area contributed by atoms with Gasteiger partial charge in [0.15, 0.2) is 5.82 Å². The molecule has 1 saturated heterocycles. The third kappa shape index (κ3) is 2.72. The van der Waals surface area contributed by atoms with E-state index in [1.54, 1.807) is 0 Å². The normalized spacial score (nSPS) is 23.2. The van der Waals surface area contributed by atoms with E-state index in [0.29, 0.717) is 5.92 Å². The first-order chi connectivity index (χ1) is 10.1. The van der Waals surface area contributed by atoms with Crippen molar-refractivity contribution >= 4 is 0 Å². The van der Waals surface area contributed by atoms with Crippen LogP contribution in [0.3, 0.4) is 0 Å². The van der Waals surface area contributed by atoms with Crippen molar-refractivity contribution in [2.45, 2.75) is 45.1 Å². The summed E-state index contributed by atoms with van der Waals surface area (Å²) in [6.07, 6.45) is 2.42. The predicted octanol–water partition coefficient (Wildman–Crippen LogP) is 3.46. The van der Waals surface area contributed by atoms with Crippen LogP contribution in [0.2, 0.25) is 0 Å². The van der Waals surface area contributed by atoms with E-state index >= 15 is 0 Å². The van der Waals surface area contributed by atoms with Gasteiger partial charge in [-0.2, -0.15) is 4.98 Å². The zero-order valence-corrected chi connectivity index (χ0v) is 13.0. The van der Waals surface area contributed by atoms with Gasteiger partial charge < -0.3 is 9.84 Å². The molecule has 0 amide bonds. The smallest absolute Gasteiger partial charge is 0.244 e. The van der Waals surface area contributed by atoms with Crippen molar-refractivity contribution in [2.75, 3.05) is 6.54 Å². The van der Waals surface area contributed by atoms with E-state index in [4.69, 9.17) is 9.51 Å². The van der Waals surface area contributed by atoms with Gasteiger partial charge >= 0.3 is 0 Å². The summed E-state index contributed by atoms with van der Waals surface area (Å²) in [5.74, 6) is 2.01. The topological polar surface area (TPSA) is 51.0 Å². The summed E-state index contributed by atoms with van der Waals surface area (Å²) < 4.78 is 5.56. The molecule has 2 atom stereocenters. The Labute approximate surface area is 126 Å². The van der Waals surface area contributed by atoms with Crippen molar-refractivity contribution in [1.82, 2.24) is 15.5 Å². The van der Waals surface area contributed by atoms with Gasteiger partial charge in [0.1, 0.15) is 0 Å². The number of hydrogen-bond donors (Lipinski definition) is 1. The molecule has 0 bridgehead atoms. The molecule has 0 spiro atoms. The van der Waals surface area contributed by atoms with Gasteiger partial charge in [0, 0.05) is 0 Å². The molecule has 0 saturated carbocycles. The van der Waals surface area contributed by atoms with Crippen LogP contribution in [0.25, 0.3) is 0 Å². The lowest BCUT2D eigenvalue weighted by atomic mass is 9.84. The summed E-state index contributed by atoms with van der Waals surface area (Å²) in [6.45, 7) is 7.53. The second kappa shape index (κ2) is 5.60. The number of nitrogens with one attached hydrogen (secondary N) is 1. The first-order valence-electron chi connectivity index (χ1n) is 7.72. The van der Waals surface area contributed by atoms with Crippen LogP contribution in [0.5, 0.6) is 0 Å². The second-order valence-corrected chi connectivity index (χ2v) is 6.50. The molecular weight excluding hydrogens is 262 g/mol. The van der Waals surface area contributed by atoms with Gasteiger partial charge in [0.25, 0.3) is 0 Å². The highest BCUT2D eigenvalue weighted by molar-refractivity contribution is 5.30. The Kier molecular flexibility index (Phi) is 3.81. The highest BCUT2D eigenvalue weighted by atomic mass is 16.5. The standard InChI is InChI=1S/C17H23N3O/c1-12-8-7-11-18-14(12)15-19-16(20-21-15)17(2,3)13-9-5-4-6-10-13/h4-6,9-10,12,14,18H,7-8,11H2,1-3H3. The Morgan fingerprint density at radius 2 is 2.00 bits per heavy atom. The monoisotopic (exact) mass is 285 g/mol. The van der Waals surface area contributed by atoms with Gasteiger partial charge in [0.05, 0.1) is 11.5 Å². The van der Waals surface area contributed by atoms with Crippen LogP contribution in [-0.4, -0.2) is 16.7 Å². The average Bonchev–Trinajstić information content (AvgIpc) is 2.99. The van der Waals surface area contributed by atoms with Crippen molar-refractivity contribution in [1.29, 1.82) is 0 Å². The molecule has 2 unspecified atom stereocenters. The lowest BCUT2D eigenvalue weighted by Crippen LogP contribution is -2.33. The van der Waals surface area contributed by atoms with E-state index in [0.717, 1.165) is 18.3 Å². The highest BCUT2D eigenvalue weighted by Crippen LogP contribution is 2.32. The van der Waals surface area contributed by atoms with Crippen LogP contribution < -0.4 is 5.32 Å². The number of piperidine rings is 1. The Morgan fingerprint density at radius 3 is 2.71 bits per heavy atom. The van der Waals surface area contributed by atoms with Gasteiger partial charge in [-0.25, -0.2) is 0 Å². The van der Waals surface area contributed by atoms with Crippen LogP contribution in [0.1, 0.15) is 56.9 Å². The van der Waals surface area contributed by atoms with Crippen molar-refractivity contribution in [3.8, 4) is 0 Å². The molecule has 2 heterocycles. The van der Waals surface area contributed by atoms with Crippen LogP contribution >= 0.6 is 0 Å². The quantitative estimate of drug-likeness (QED) is 0.938. The zero-order valence-electron chi connectivity index (χ0n) is 13.0. The van der Waals surface area contributed by atoms with Gasteiger partial charge in [-0.05, 0) is 44.7 Å². The molecule has 0 aliphatic carbocycles. The molecule has 1 aliphatic rings. The molecule has 112 valence electrons. The maximum Gasteiger partial charge on any atom is 0.244 e. The molecule has 2 aromatic rings. The summed E-state index contributed by atoms with van der Waals surface area (Å²) in [6, 6.07) is 10.5. The Hall–Kier alpha value is -1.68. The van der Waals surface area contributed by atoms with Crippen molar-refractivity contribution in [3.63, 3.8) is 0 Å². The first-order valence-corrected chi connectivity index (χ1v) is 7.72. The van der Waals surface area contributed by atoms with Crippen LogP contribution in [-0.2, 0) is 5.41 Å². The molecule has 1 N–H and O–H groups in total. The van der Waals surface area contributed by atoms with Crippen LogP contribution in [0, 0.1) is 5.92 Å². The van der Waals surface area contributed by atoms with Gasteiger partial charge in [-0.1, -0.05) is 42.4 Å². The van der Waals surface area contributed by atoms with E-state index in [-0.39, 0.29) is 11.5 Å². The number of hydrogen-bond acceptors (Lipinski definition) is 4. The maximum absolute atomic E-state index is 5.56. The van der Waals surface area contributed by atoms with Crippen molar-refractivity contribution < 1.29 is 4.52 Å². The maximum atomic E-state index is 5.56. The first kappa shape index (κ1) is 14.3. The summed E-state index contributed by atoms with van der Waals surface area (Å²) in [4.78, 5) is 4.69. The molecule has 1 aromatic heterocycles. The third-order valence-electron chi connectivity index (χ3n) is 4.53. The summed E-state index contributed by atoms with van der Waals surface area (Å²) in [5, 5.41) is 7.74. The molecule has 21 heavy (non-hydrogen) atoms. The van der Waals surface area contributed by atoms with E-state index in [2.05, 4.69) is 43.4 Å². The molecule has 0 radical (unpaired) electrons.